The minimum Gasteiger partial charge on any atom is -0.490 e. The zero-order valence-electron chi connectivity index (χ0n) is 13.1. The van der Waals surface area contributed by atoms with Gasteiger partial charge in [0.15, 0.2) is 11.5 Å². The van der Waals surface area contributed by atoms with Crippen molar-refractivity contribution in [3.8, 4) is 11.5 Å². The van der Waals surface area contributed by atoms with E-state index in [9.17, 15) is 13.6 Å². The van der Waals surface area contributed by atoms with Gasteiger partial charge in [0.25, 0.3) is 5.91 Å². The van der Waals surface area contributed by atoms with Gasteiger partial charge >= 0.3 is 6.61 Å². The molecule has 1 N–H and O–H groups in total. The maximum atomic E-state index is 12.4. The van der Waals surface area contributed by atoms with Gasteiger partial charge in [-0.3, -0.25) is 4.79 Å². The van der Waals surface area contributed by atoms with Crippen LogP contribution in [0.4, 0.5) is 14.5 Å². The van der Waals surface area contributed by atoms with Gasteiger partial charge in [0, 0.05) is 15.7 Å². The molecule has 0 aliphatic rings. The highest BCUT2D eigenvalue weighted by Gasteiger charge is 2.15. The van der Waals surface area contributed by atoms with Crippen molar-refractivity contribution in [1.82, 2.24) is 0 Å². The first kappa shape index (κ1) is 18.2. The minimum absolute atomic E-state index is 0.0948. The number of halogens is 3. The van der Waals surface area contributed by atoms with Gasteiger partial charge in [-0.1, -0.05) is 15.9 Å². The molecule has 4 nitrogen and oxygen atoms in total. The Labute approximate surface area is 146 Å². The van der Waals surface area contributed by atoms with Crippen molar-refractivity contribution in [3.05, 3.63) is 52.0 Å². The maximum Gasteiger partial charge on any atom is 0.387 e. The largest absolute Gasteiger partial charge is 0.490 e. The van der Waals surface area contributed by atoms with Crippen molar-refractivity contribution in [2.75, 3.05) is 11.9 Å². The predicted molar refractivity (Wildman–Crippen MR) is 91.1 cm³/mol. The summed E-state index contributed by atoms with van der Waals surface area (Å²) in [6.07, 6.45) is 0. The van der Waals surface area contributed by atoms with Gasteiger partial charge in [0.05, 0.1) is 6.61 Å². The number of benzene rings is 2. The fourth-order valence-electron chi connectivity index (χ4n) is 2.04. The van der Waals surface area contributed by atoms with E-state index in [2.05, 4.69) is 26.0 Å². The summed E-state index contributed by atoms with van der Waals surface area (Å²) in [5, 5.41) is 2.75. The van der Waals surface area contributed by atoms with Crippen molar-refractivity contribution in [3.63, 3.8) is 0 Å². The van der Waals surface area contributed by atoms with Crippen LogP contribution in [0.15, 0.2) is 40.9 Å². The molecular formula is C17H16BrF2NO3. The molecule has 0 saturated carbocycles. The monoisotopic (exact) mass is 399 g/mol. The number of aryl methyl sites for hydroxylation is 1. The molecular weight excluding hydrogens is 384 g/mol. The lowest BCUT2D eigenvalue weighted by molar-refractivity contribution is -0.0514. The average molecular weight is 400 g/mol. The number of alkyl halides is 2. The van der Waals surface area contributed by atoms with E-state index < -0.39 is 6.61 Å². The zero-order chi connectivity index (χ0) is 17.7. The van der Waals surface area contributed by atoms with Crippen LogP contribution < -0.4 is 14.8 Å². The number of carbonyl (C=O) groups is 1. The number of rotatable bonds is 6. The summed E-state index contributed by atoms with van der Waals surface area (Å²) >= 11 is 3.39. The number of hydrogen-bond acceptors (Lipinski definition) is 3. The Bertz CT molecular complexity index is 738. The molecule has 0 bridgehead atoms. The van der Waals surface area contributed by atoms with Crippen molar-refractivity contribution >= 4 is 27.5 Å². The van der Waals surface area contributed by atoms with Crippen LogP contribution >= 0.6 is 15.9 Å². The van der Waals surface area contributed by atoms with Crippen molar-refractivity contribution in [2.45, 2.75) is 20.5 Å². The summed E-state index contributed by atoms with van der Waals surface area (Å²) in [4.78, 5) is 12.3. The third-order valence-corrected chi connectivity index (χ3v) is 4.03. The second-order valence-corrected chi connectivity index (χ2v) is 5.75. The highest BCUT2D eigenvalue weighted by molar-refractivity contribution is 9.10. The van der Waals surface area contributed by atoms with Crippen LogP contribution in [0.1, 0.15) is 22.8 Å². The van der Waals surface area contributed by atoms with Gasteiger partial charge < -0.3 is 14.8 Å². The quantitative estimate of drug-likeness (QED) is 0.742. The molecule has 2 aromatic rings. The fraction of sp³-hybridized carbons (Fsp3) is 0.235. The lowest BCUT2D eigenvalue weighted by Gasteiger charge is -2.13. The van der Waals surface area contributed by atoms with E-state index in [1.807, 2.05) is 19.1 Å². The second-order valence-electron chi connectivity index (χ2n) is 4.89. The van der Waals surface area contributed by atoms with Crippen molar-refractivity contribution in [2.24, 2.45) is 0 Å². The number of nitrogens with one attached hydrogen (secondary N) is 1. The normalized spacial score (nSPS) is 10.6. The van der Waals surface area contributed by atoms with Gasteiger partial charge in [0.1, 0.15) is 0 Å². The molecule has 0 spiro atoms. The maximum absolute atomic E-state index is 12.4. The summed E-state index contributed by atoms with van der Waals surface area (Å²) in [6, 6.07) is 9.48. The molecule has 0 unspecified atom stereocenters. The van der Waals surface area contributed by atoms with E-state index >= 15 is 0 Å². The molecule has 0 saturated heterocycles. The van der Waals surface area contributed by atoms with Crippen LogP contribution in [0, 0.1) is 6.92 Å². The summed E-state index contributed by atoms with van der Waals surface area (Å²) in [7, 11) is 0. The Balaban J connectivity index is 2.22. The molecule has 2 rings (SSSR count). The van der Waals surface area contributed by atoms with Gasteiger partial charge in [-0.2, -0.15) is 8.78 Å². The smallest absolute Gasteiger partial charge is 0.387 e. The van der Waals surface area contributed by atoms with Gasteiger partial charge in [-0.15, -0.1) is 0 Å². The standard InChI is InChI=1S/C17H16BrF2NO3/c1-3-23-15-9-11(4-7-14(15)24-17(19)20)16(22)21-12-5-6-13(18)10(2)8-12/h4-9,17H,3H2,1-2H3,(H,21,22). The molecule has 24 heavy (non-hydrogen) atoms. The van der Waals surface area contributed by atoms with Crippen molar-refractivity contribution < 1.29 is 23.0 Å². The first-order valence-corrected chi connectivity index (χ1v) is 7.99. The minimum atomic E-state index is -2.96. The first-order valence-electron chi connectivity index (χ1n) is 7.20. The highest BCUT2D eigenvalue weighted by atomic mass is 79.9. The van der Waals surface area contributed by atoms with E-state index in [1.165, 1.54) is 18.2 Å². The van der Waals surface area contributed by atoms with Crippen LogP contribution in [0.5, 0.6) is 11.5 Å². The molecule has 2 aromatic carbocycles. The summed E-state index contributed by atoms with van der Waals surface area (Å²) in [5.41, 5.74) is 1.88. The molecule has 0 fully saturated rings. The summed E-state index contributed by atoms with van der Waals surface area (Å²) in [6.45, 7) is 0.915. The summed E-state index contributed by atoms with van der Waals surface area (Å²) in [5.74, 6) is -0.387. The van der Waals surface area contributed by atoms with Crippen LogP contribution in [0.2, 0.25) is 0 Å². The average Bonchev–Trinajstić information content (AvgIpc) is 2.52. The number of hydrogen-bond donors (Lipinski definition) is 1. The van der Waals surface area contributed by atoms with E-state index in [1.54, 1.807) is 13.0 Å². The Morgan fingerprint density at radius 2 is 1.96 bits per heavy atom. The molecule has 0 aliphatic heterocycles. The van der Waals surface area contributed by atoms with E-state index in [-0.39, 0.29) is 29.6 Å². The van der Waals surface area contributed by atoms with Gasteiger partial charge in [-0.25, -0.2) is 0 Å². The Hall–Kier alpha value is -2.15. The molecule has 0 radical (unpaired) electrons. The Morgan fingerprint density at radius 3 is 2.58 bits per heavy atom. The molecule has 0 atom stereocenters. The molecule has 128 valence electrons. The lowest BCUT2D eigenvalue weighted by Crippen LogP contribution is -2.13. The Kier molecular flexibility index (Phi) is 6.14. The number of ether oxygens (including phenoxy) is 2. The first-order chi connectivity index (χ1) is 11.4. The Morgan fingerprint density at radius 1 is 1.21 bits per heavy atom. The fourth-order valence-corrected chi connectivity index (χ4v) is 2.28. The molecule has 7 heteroatoms. The topological polar surface area (TPSA) is 47.6 Å². The van der Waals surface area contributed by atoms with Gasteiger partial charge in [-0.05, 0) is 55.8 Å². The van der Waals surface area contributed by atoms with Gasteiger partial charge in [0.2, 0.25) is 0 Å². The van der Waals surface area contributed by atoms with Crippen LogP contribution in [0.3, 0.4) is 0 Å². The molecule has 0 aliphatic carbocycles. The molecule has 0 aromatic heterocycles. The van der Waals surface area contributed by atoms with Crippen LogP contribution in [0.25, 0.3) is 0 Å². The number of amides is 1. The van der Waals surface area contributed by atoms with E-state index in [4.69, 9.17) is 4.74 Å². The SMILES string of the molecule is CCOc1cc(C(=O)Nc2ccc(Br)c(C)c2)ccc1OC(F)F. The zero-order valence-corrected chi connectivity index (χ0v) is 14.7. The molecule has 0 heterocycles. The van der Waals surface area contributed by atoms with Crippen LogP contribution in [-0.2, 0) is 0 Å². The molecule has 1 amide bonds. The van der Waals surface area contributed by atoms with E-state index in [0.29, 0.717) is 5.69 Å². The third kappa shape index (κ3) is 4.67. The predicted octanol–water partition coefficient (Wildman–Crippen LogP) is 5.01. The lowest BCUT2D eigenvalue weighted by atomic mass is 10.1. The highest BCUT2D eigenvalue weighted by Crippen LogP contribution is 2.30. The third-order valence-electron chi connectivity index (χ3n) is 3.14. The number of carbonyl (C=O) groups excluding carboxylic acids is 1. The second kappa shape index (κ2) is 8.10. The summed E-state index contributed by atoms with van der Waals surface area (Å²) < 4.78 is 35.4. The number of anilines is 1. The van der Waals surface area contributed by atoms with E-state index in [0.717, 1.165) is 10.0 Å². The van der Waals surface area contributed by atoms with Crippen LogP contribution in [-0.4, -0.2) is 19.1 Å². The van der Waals surface area contributed by atoms with Crippen molar-refractivity contribution in [1.29, 1.82) is 0 Å².